The minimum Gasteiger partial charge on any atom is -0.349 e. The molecule has 82 valence electrons. The van der Waals surface area contributed by atoms with Crippen molar-refractivity contribution in [1.29, 1.82) is 0 Å². The SMILES string of the molecule is CSCC(C)NC(=O)c1ccc(F)cc1. The summed E-state index contributed by atoms with van der Waals surface area (Å²) in [7, 11) is 0. The smallest absolute Gasteiger partial charge is 0.251 e. The number of benzene rings is 1. The fraction of sp³-hybridized carbons (Fsp3) is 0.364. The lowest BCUT2D eigenvalue weighted by atomic mass is 10.2. The van der Waals surface area contributed by atoms with Crippen molar-refractivity contribution in [2.75, 3.05) is 12.0 Å². The van der Waals surface area contributed by atoms with Crippen LogP contribution in [0.5, 0.6) is 0 Å². The molecule has 0 saturated carbocycles. The average Bonchev–Trinajstić information content (AvgIpc) is 2.18. The zero-order valence-corrected chi connectivity index (χ0v) is 9.60. The molecule has 0 bridgehead atoms. The van der Waals surface area contributed by atoms with Crippen LogP contribution in [0, 0.1) is 5.82 Å². The van der Waals surface area contributed by atoms with E-state index in [-0.39, 0.29) is 17.8 Å². The van der Waals surface area contributed by atoms with Crippen molar-refractivity contribution >= 4 is 17.7 Å². The maximum Gasteiger partial charge on any atom is 0.251 e. The second-order valence-electron chi connectivity index (χ2n) is 3.34. The lowest BCUT2D eigenvalue weighted by Crippen LogP contribution is -2.34. The molecule has 1 unspecified atom stereocenters. The monoisotopic (exact) mass is 227 g/mol. The average molecular weight is 227 g/mol. The molecule has 1 aromatic rings. The Bertz CT molecular complexity index is 326. The third kappa shape index (κ3) is 3.91. The Morgan fingerprint density at radius 2 is 2.07 bits per heavy atom. The molecule has 1 aromatic carbocycles. The van der Waals surface area contributed by atoms with Crippen LogP contribution in [0.1, 0.15) is 17.3 Å². The molecule has 0 saturated heterocycles. The Morgan fingerprint density at radius 3 is 2.60 bits per heavy atom. The lowest BCUT2D eigenvalue weighted by Gasteiger charge is -2.12. The summed E-state index contributed by atoms with van der Waals surface area (Å²) in [5.41, 5.74) is 0.490. The van der Waals surface area contributed by atoms with Gasteiger partial charge in [-0.05, 0) is 37.4 Å². The Balaban J connectivity index is 2.57. The van der Waals surface area contributed by atoms with Crippen LogP contribution in [-0.4, -0.2) is 24.0 Å². The molecule has 0 spiro atoms. The Kier molecular flexibility index (Phi) is 4.62. The maximum absolute atomic E-state index is 12.6. The summed E-state index contributed by atoms with van der Waals surface area (Å²) >= 11 is 1.67. The van der Waals surface area contributed by atoms with Crippen molar-refractivity contribution in [3.63, 3.8) is 0 Å². The van der Waals surface area contributed by atoms with E-state index in [9.17, 15) is 9.18 Å². The van der Waals surface area contributed by atoms with Crippen molar-refractivity contribution in [2.24, 2.45) is 0 Å². The van der Waals surface area contributed by atoms with Gasteiger partial charge >= 0.3 is 0 Å². The molecule has 0 radical (unpaired) electrons. The second kappa shape index (κ2) is 5.75. The van der Waals surface area contributed by atoms with Crippen LogP contribution in [0.3, 0.4) is 0 Å². The highest BCUT2D eigenvalue weighted by atomic mass is 32.2. The first-order chi connectivity index (χ1) is 7.13. The number of carbonyl (C=O) groups excluding carboxylic acids is 1. The molecule has 15 heavy (non-hydrogen) atoms. The molecule has 1 N–H and O–H groups in total. The van der Waals surface area contributed by atoms with Gasteiger partial charge in [-0.25, -0.2) is 4.39 Å². The van der Waals surface area contributed by atoms with Gasteiger partial charge < -0.3 is 5.32 Å². The Hall–Kier alpha value is -1.03. The lowest BCUT2D eigenvalue weighted by molar-refractivity contribution is 0.0943. The number of carbonyl (C=O) groups is 1. The van der Waals surface area contributed by atoms with E-state index in [4.69, 9.17) is 0 Å². The van der Waals surface area contributed by atoms with Crippen LogP contribution in [0.2, 0.25) is 0 Å². The molecule has 1 amide bonds. The quantitative estimate of drug-likeness (QED) is 0.855. The van der Waals surface area contributed by atoms with Gasteiger partial charge in [0.1, 0.15) is 5.82 Å². The number of amides is 1. The highest BCUT2D eigenvalue weighted by molar-refractivity contribution is 7.98. The van der Waals surface area contributed by atoms with Crippen LogP contribution in [0.25, 0.3) is 0 Å². The third-order valence-electron chi connectivity index (χ3n) is 1.90. The number of rotatable bonds is 4. The first-order valence-electron chi connectivity index (χ1n) is 4.69. The van der Waals surface area contributed by atoms with E-state index in [1.54, 1.807) is 11.8 Å². The summed E-state index contributed by atoms with van der Waals surface area (Å²) in [6, 6.07) is 5.66. The first-order valence-corrected chi connectivity index (χ1v) is 6.08. The Morgan fingerprint density at radius 1 is 1.47 bits per heavy atom. The van der Waals surface area contributed by atoms with Gasteiger partial charge in [0, 0.05) is 17.4 Å². The Labute approximate surface area is 93.3 Å². The van der Waals surface area contributed by atoms with Crippen molar-refractivity contribution in [1.82, 2.24) is 5.32 Å². The fourth-order valence-electron chi connectivity index (χ4n) is 1.20. The third-order valence-corrected chi connectivity index (χ3v) is 2.73. The van der Waals surface area contributed by atoms with Crippen LogP contribution < -0.4 is 5.32 Å². The predicted molar refractivity (Wildman–Crippen MR) is 61.7 cm³/mol. The normalized spacial score (nSPS) is 12.2. The highest BCUT2D eigenvalue weighted by Gasteiger charge is 2.08. The topological polar surface area (TPSA) is 29.1 Å². The van der Waals surface area contributed by atoms with Crippen LogP contribution >= 0.6 is 11.8 Å². The number of halogens is 1. The maximum atomic E-state index is 12.6. The van der Waals surface area contributed by atoms with Gasteiger partial charge in [0.05, 0.1) is 0 Å². The van der Waals surface area contributed by atoms with E-state index in [0.29, 0.717) is 5.56 Å². The van der Waals surface area contributed by atoms with Gasteiger partial charge in [-0.15, -0.1) is 0 Å². The van der Waals surface area contributed by atoms with Crippen molar-refractivity contribution in [3.05, 3.63) is 35.6 Å². The molecule has 0 aliphatic carbocycles. The number of hydrogen-bond acceptors (Lipinski definition) is 2. The van der Waals surface area contributed by atoms with Crippen molar-refractivity contribution in [2.45, 2.75) is 13.0 Å². The fourth-order valence-corrected chi connectivity index (χ4v) is 1.78. The van der Waals surface area contributed by atoms with Crippen LogP contribution in [0.4, 0.5) is 4.39 Å². The molecule has 0 aliphatic heterocycles. The van der Waals surface area contributed by atoms with Gasteiger partial charge in [0.15, 0.2) is 0 Å². The van der Waals surface area contributed by atoms with Crippen molar-refractivity contribution < 1.29 is 9.18 Å². The molecule has 0 heterocycles. The molecule has 1 atom stereocenters. The minimum absolute atomic E-state index is 0.123. The minimum atomic E-state index is -0.330. The van der Waals surface area contributed by atoms with Gasteiger partial charge in [-0.2, -0.15) is 11.8 Å². The summed E-state index contributed by atoms with van der Waals surface area (Å²) in [6.45, 7) is 1.94. The van der Waals surface area contributed by atoms with Gasteiger partial charge in [-0.3, -0.25) is 4.79 Å². The molecule has 0 fully saturated rings. The van der Waals surface area contributed by atoms with Gasteiger partial charge in [0.2, 0.25) is 0 Å². The molecule has 1 rings (SSSR count). The molecule has 0 aliphatic rings. The summed E-state index contributed by atoms with van der Waals surface area (Å²) in [4.78, 5) is 11.6. The highest BCUT2D eigenvalue weighted by Crippen LogP contribution is 2.04. The number of nitrogens with one attached hydrogen (secondary N) is 1. The van der Waals surface area contributed by atoms with E-state index in [1.165, 1.54) is 24.3 Å². The summed E-state index contributed by atoms with van der Waals surface area (Å²) in [6.07, 6.45) is 1.99. The number of thioether (sulfide) groups is 1. The largest absolute Gasteiger partial charge is 0.349 e. The van der Waals surface area contributed by atoms with Crippen LogP contribution in [0.15, 0.2) is 24.3 Å². The van der Waals surface area contributed by atoms with E-state index < -0.39 is 0 Å². The summed E-state index contributed by atoms with van der Waals surface area (Å²) in [5.74, 6) is 0.382. The zero-order chi connectivity index (χ0) is 11.3. The van der Waals surface area contributed by atoms with Gasteiger partial charge in [0.25, 0.3) is 5.91 Å². The predicted octanol–water partition coefficient (Wildman–Crippen LogP) is 2.31. The second-order valence-corrected chi connectivity index (χ2v) is 4.25. The summed E-state index contributed by atoms with van der Waals surface area (Å²) < 4.78 is 12.6. The van der Waals surface area contributed by atoms with Gasteiger partial charge in [-0.1, -0.05) is 0 Å². The standard InChI is InChI=1S/C11H14FNOS/c1-8(7-15-2)13-11(14)9-3-5-10(12)6-4-9/h3-6,8H,7H2,1-2H3,(H,13,14). The van der Waals surface area contributed by atoms with Crippen molar-refractivity contribution in [3.8, 4) is 0 Å². The van der Waals surface area contributed by atoms with E-state index in [2.05, 4.69) is 5.32 Å². The van der Waals surface area contributed by atoms with E-state index >= 15 is 0 Å². The molecule has 4 heteroatoms. The molecule has 2 nitrogen and oxygen atoms in total. The first kappa shape index (κ1) is 12.0. The van der Waals surface area contributed by atoms with Crippen LogP contribution in [-0.2, 0) is 0 Å². The zero-order valence-electron chi connectivity index (χ0n) is 8.79. The molecular weight excluding hydrogens is 213 g/mol. The van der Waals surface area contributed by atoms with E-state index in [1.807, 2.05) is 13.2 Å². The number of hydrogen-bond donors (Lipinski definition) is 1. The molecular formula is C11H14FNOS. The molecule has 0 aromatic heterocycles. The summed E-state index contributed by atoms with van der Waals surface area (Å²) in [5, 5.41) is 2.83. The van der Waals surface area contributed by atoms with E-state index in [0.717, 1.165) is 5.75 Å².